The van der Waals surface area contributed by atoms with Crippen LogP contribution in [0.5, 0.6) is 0 Å². The summed E-state index contributed by atoms with van der Waals surface area (Å²) in [5.41, 5.74) is 1.64. The molecule has 38 heavy (non-hydrogen) atoms. The van der Waals surface area contributed by atoms with Crippen LogP contribution in [0.25, 0.3) is 0 Å². The summed E-state index contributed by atoms with van der Waals surface area (Å²) in [5, 5.41) is 0.861. The number of carbonyl (C=O) groups excluding carboxylic acids is 4. The highest BCUT2D eigenvalue weighted by molar-refractivity contribution is 6.32. The summed E-state index contributed by atoms with van der Waals surface area (Å²) >= 11 is 12.2. The molecule has 3 aliphatic heterocycles. The van der Waals surface area contributed by atoms with Crippen LogP contribution in [0.4, 0.5) is 5.69 Å². The second-order valence-electron chi connectivity index (χ2n) is 9.43. The summed E-state index contributed by atoms with van der Waals surface area (Å²) < 4.78 is 0. The molecule has 4 atom stereocenters. The van der Waals surface area contributed by atoms with Crippen LogP contribution in [0.2, 0.25) is 10.0 Å². The summed E-state index contributed by atoms with van der Waals surface area (Å²) in [7, 11) is 0. The van der Waals surface area contributed by atoms with Crippen LogP contribution in [-0.4, -0.2) is 40.4 Å². The maximum Gasteiger partial charge on any atom is 0.240 e. The van der Waals surface area contributed by atoms with E-state index < -0.39 is 35.7 Å². The van der Waals surface area contributed by atoms with Crippen LogP contribution < -0.4 is 4.90 Å². The number of rotatable bonds is 5. The topological polar surface area (TPSA) is 74.8 Å². The minimum absolute atomic E-state index is 0.200. The van der Waals surface area contributed by atoms with Crippen LogP contribution in [0.1, 0.15) is 20.7 Å². The Kier molecular flexibility index (Phi) is 6.01. The quantitative estimate of drug-likeness (QED) is 0.320. The molecule has 0 aliphatic carbocycles. The van der Waals surface area contributed by atoms with Crippen molar-refractivity contribution in [2.45, 2.75) is 12.1 Å². The van der Waals surface area contributed by atoms with Crippen molar-refractivity contribution in [2.75, 3.05) is 4.90 Å². The zero-order chi connectivity index (χ0) is 26.6. The minimum atomic E-state index is -0.943. The standard InChI is InChI=1S/C30H20Cl2N2O4/c31-20-11-9-18(10-12-20)28(36)26-25-24(29(37)34(30(25)38)22-8-4-7-21(32)16-22)23-15-19(13-14-33(23)26)27(35)17-5-2-1-3-6-17/h1-16,23-26H/t23-,24-,25-,26+/m1/s1. The molecule has 0 bridgehead atoms. The number of benzene rings is 3. The number of nitrogens with zero attached hydrogens (tertiary/aromatic N) is 2. The molecule has 0 saturated carbocycles. The van der Waals surface area contributed by atoms with E-state index >= 15 is 0 Å². The van der Waals surface area contributed by atoms with Gasteiger partial charge in [0.1, 0.15) is 6.04 Å². The first-order valence-corrected chi connectivity index (χ1v) is 12.8. The summed E-state index contributed by atoms with van der Waals surface area (Å²) in [6.45, 7) is 0. The molecule has 188 valence electrons. The van der Waals surface area contributed by atoms with Gasteiger partial charge in [0.2, 0.25) is 11.8 Å². The summed E-state index contributed by atoms with van der Waals surface area (Å²) in [5.74, 6) is -3.20. The van der Waals surface area contributed by atoms with Gasteiger partial charge in [-0.15, -0.1) is 0 Å². The number of halogens is 2. The van der Waals surface area contributed by atoms with Gasteiger partial charge in [0, 0.05) is 32.9 Å². The van der Waals surface area contributed by atoms with E-state index in [9.17, 15) is 19.2 Å². The highest BCUT2D eigenvalue weighted by atomic mass is 35.5. The van der Waals surface area contributed by atoms with Crippen molar-refractivity contribution in [1.29, 1.82) is 0 Å². The lowest BCUT2D eigenvalue weighted by Gasteiger charge is -2.32. The molecule has 0 aromatic heterocycles. The lowest BCUT2D eigenvalue weighted by atomic mass is 9.85. The fourth-order valence-electron chi connectivity index (χ4n) is 5.61. The number of fused-ring (bicyclic) bond motifs is 3. The molecule has 6 nitrogen and oxygen atoms in total. The summed E-state index contributed by atoms with van der Waals surface area (Å²) in [6.07, 6.45) is 5.00. The Bertz CT molecular complexity index is 1550. The van der Waals surface area contributed by atoms with Gasteiger partial charge in [-0.25, -0.2) is 4.90 Å². The Morgan fingerprint density at radius 1 is 0.737 bits per heavy atom. The minimum Gasteiger partial charge on any atom is -0.359 e. The zero-order valence-electron chi connectivity index (χ0n) is 19.8. The largest absolute Gasteiger partial charge is 0.359 e. The number of allylic oxidation sites excluding steroid dienone is 2. The molecule has 8 heteroatoms. The summed E-state index contributed by atoms with van der Waals surface area (Å²) in [4.78, 5) is 57.6. The smallest absolute Gasteiger partial charge is 0.240 e. The molecule has 3 heterocycles. The number of carbonyl (C=O) groups is 4. The van der Waals surface area contributed by atoms with Crippen molar-refractivity contribution in [3.05, 3.63) is 124 Å². The molecule has 6 rings (SSSR count). The third kappa shape index (κ3) is 3.88. The molecule has 0 spiro atoms. The third-order valence-electron chi connectivity index (χ3n) is 7.31. The Morgan fingerprint density at radius 2 is 1.45 bits per heavy atom. The second kappa shape index (κ2) is 9.39. The Hall–Kier alpha value is -4.00. The first-order chi connectivity index (χ1) is 18.3. The number of hydrogen-bond acceptors (Lipinski definition) is 5. The maximum absolute atomic E-state index is 13.8. The van der Waals surface area contributed by atoms with E-state index in [1.165, 1.54) is 0 Å². The van der Waals surface area contributed by atoms with E-state index in [0.29, 0.717) is 32.4 Å². The molecular weight excluding hydrogens is 523 g/mol. The lowest BCUT2D eigenvalue weighted by molar-refractivity contribution is -0.123. The number of hydrogen-bond donors (Lipinski definition) is 0. The molecule has 0 unspecified atom stereocenters. The van der Waals surface area contributed by atoms with Gasteiger partial charge in [-0.3, -0.25) is 19.2 Å². The lowest BCUT2D eigenvalue weighted by Crippen LogP contribution is -2.46. The number of amides is 2. The first kappa shape index (κ1) is 24.3. The molecular formula is C30H20Cl2N2O4. The third-order valence-corrected chi connectivity index (χ3v) is 7.80. The van der Waals surface area contributed by atoms with Crippen LogP contribution >= 0.6 is 23.2 Å². The van der Waals surface area contributed by atoms with E-state index in [0.717, 1.165) is 4.90 Å². The average Bonchev–Trinajstić information content (AvgIpc) is 3.40. The van der Waals surface area contributed by atoms with E-state index in [1.54, 1.807) is 96.0 Å². The van der Waals surface area contributed by atoms with Crippen LogP contribution in [0, 0.1) is 11.8 Å². The zero-order valence-corrected chi connectivity index (χ0v) is 21.3. The van der Waals surface area contributed by atoms with Gasteiger partial charge < -0.3 is 4.90 Å². The number of ketones is 2. The Labute approximate surface area is 228 Å². The number of imide groups is 1. The highest BCUT2D eigenvalue weighted by Crippen LogP contribution is 2.47. The average molecular weight is 543 g/mol. The predicted molar refractivity (Wildman–Crippen MR) is 144 cm³/mol. The summed E-state index contributed by atoms with van der Waals surface area (Å²) in [6, 6.07) is 20.2. The SMILES string of the molecule is O=C(C1=C[C@@H]2[C@H]3C(=O)N(c4cccc(Cl)c4)C(=O)[C@H]3[C@@H](C(=O)c3ccc(Cl)cc3)N2C=C1)c1ccccc1. The van der Waals surface area contributed by atoms with Crippen molar-refractivity contribution in [1.82, 2.24) is 4.90 Å². The van der Waals surface area contributed by atoms with Gasteiger partial charge >= 0.3 is 0 Å². The van der Waals surface area contributed by atoms with E-state index in [-0.39, 0.29) is 11.6 Å². The fourth-order valence-corrected chi connectivity index (χ4v) is 5.92. The van der Waals surface area contributed by atoms with Crippen molar-refractivity contribution < 1.29 is 19.2 Å². The van der Waals surface area contributed by atoms with E-state index in [2.05, 4.69) is 0 Å². The van der Waals surface area contributed by atoms with Crippen molar-refractivity contribution in [3.8, 4) is 0 Å². The molecule has 3 aromatic rings. The maximum atomic E-state index is 13.8. The fraction of sp³-hybridized carbons (Fsp3) is 0.133. The van der Waals surface area contributed by atoms with Crippen molar-refractivity contribution in [2.24, 2.45) is 11.8 Å². The molecule has 2 fully saturated rings. The first-order valence-electron chi connectivity index (χ1n) is 12.1. The van der Waals surface area contributed by atoms with Gasteiger partial charge in [0.15, 0.2) is 11.6 Å². The molecule has 0 radical (unpaired) electrons. The van der Waals surface area contributed by atoms with Crippen molar-refractivity contribution >= 4 is 52.3 Å². The van der Waals surface area contributed by atoms with Gasteiger partial charge in [0.25, 0.3) is 0 Å². The van der Waals surface area contributed by atoms with Crippen LogP contribution in [0.3, 0.4) is 0 Å². The highest BCUT2D eigenvalue weighted by Gasteiger charge is 2.63. The molecule has 3 aliphatic rings. The predicted octanol–water partition coefficient (Wildman–Crippen LogP) is 5.37. The van der Waals surface area contributed by atoms with Crippen molar-refractivity contribution in [3.63, 3.8) is 0 Å². The number of anilines is 1. The second-order valence-corrected chi connectivity index (χ2v) is 10.3. The normalized spacial score (nSPS) is 23.8. The Morgan fingerprint density at radius 3 is 2.16 bits per heavy atom. The van der Waals surface area contributed by atoms with Crippen LogP contribution in [0.15, 0.2) is 103 Å². The van der Waals surface area contributed by atoms with Gasteiger partial charge in [-0.05, 0) is 48.5 Å². The van der Waals surface area contributed by atoms with Gasteiger partial charge in [0.05, 0.1) is 23.6 Å². The Balaban J connectivity index is 1.44. The van der Waals surface area contributed by atoms with Crippen LogP contribution in [-0.2, 0) is 9.59 Å². The molecule has 2 saturated heterocycles. The van der Waals surface area contributed by atoms with Gasteiger partial charge in [-0.2, -0.15) is 0 Å². The number of Topliss-reactive ketones (excluding diaryl/α,β-unsaturated/α-hetero) is 2. The molecule has 0 N–H and O–H groups in total. The van der Waals surface area contributed by atoms with Gasteiger partial charge in [-0.1, -0.05) is 65.7 Å². The van der Waals surface area contributed by atoms with E-state index in [1.807, 2.05) is 6.07 Å². The molecule has 2 amide bonds. The molecule has 3 aromatic carbocycles. The monoisotopic (exact) mass is 542 g/mol. The van der Waals surface area contributed by atoms with E-state index in [4.69, 9.17) is 23.2 Å².